The highest BCUT2D eigenvalue weighted by Crippen LogP contribution is 2.26. The van der Waals surface area contributed by atoms with E-state index in [0.29, 0.717) is 13.0 Å². The fraction of sp³-hybridized carbons (Fsp3) is 0.375. The Morgan fingerprint density at radius 2 is 1.79 bits per heavy atom. The highest BCUT2D eigenvalue weighted by Gasteiger charge is 2.40. The molecule has 3 rings (SSSR count). The van der Waals surface area contributed by atoms with Gasteiger partial charge in [-0.1, -0.05) is 60.7 Å². The fourth-order valence-electron chi connectivity index (χ4n) is 3.32. The van der Waals surface area contributed by atoms with Crippen molar-refractivity contribution < 1.29 is 19.4 Å². The highest BCUT2D eigenvalue weighted by atomic mass is 16.6. The van der Waals surface area contributed by atoms with Gasteiger partial charge in [0.15, 0.2) is 0 Å². The van der Waals surface area contributed by atoms with Gasteiger partial charge in [-0.2, -0.15) is 0 Å². The zero-order chi connectivity index (χ0) is 20.9. The lowest BCUT2D eigenvalue weighted by molar-refractivity contribution is -0.158. The number of esters is 1. The van der Waals surface area contributed by atoms with E-state index < -0.39 is 17.9 Å². The summed E-state index contributed by atoms with van der Waals surface area (Å²) >= 11 is 0. The van der Waals surface area contributed by atoms with Crippen LogP contribution in [0.2, 0.25) is 0 Å². The summed E-state index contributed by atoms with van der Waals surface area (Å²) in [7, 11) is 0. The summed E-state index contributed by atoms with van der Waals surface area (Å²) in [5.41, 5.74) is 1.49. The SMILES string of the molecule is CC(C)(C)OC(=O)C1N[C@H](O)CC1COc1ccccc1C=Cc1ccccc1. The lowest BCUT2D eigenvalue weighted by Gasteiger charge is -2.25. The van der Waals surface area contributed by atoms with E-state index in [1.54, 1.807) is 0 Å². The van der Waals surface area contributed by atoms with Crippen molar-refractivity contribution in [1.29, 1.82) is 0 Å². The standard InChI is InChI=1S/C24H29NO4/c1-24(2,3)29-23(27)22-19(15-21(26)25-22)16-28-20-12-8-7-11-18(20)14-13-17-9-5-4-6-10-17/h4-14,19,21-22,25-26H,15-16H2,1-3H3/t19?,21-,22?/m1/s1. The summed E-state index contributed by atoms with van der Waals surface area (Å²) in [6.07, 6.45) is 3.74. The van der Waals surface area contributed by atoms with Crippen LogP contribution in [-0.4, -0.2) is 35.6 Å². The number of nitrogens with one attached hydrogen (secondary N) is 1. The van der Waals surface area contributed by atoms with E-state index in [1.165, 1.54) is 0 Å². The Labute approximate surface area is 172 Å². The van der Waals surface area contributed by atoms with Gasteiger partial charge in [-0.25, -0.2) is 0 Å². The van der Waals surface area contributed by atoms with Crippen LogP contribution in [0.3, 0.4) is 0 Å². The molecule has 0 aromatic heterocycles. The monoisotopic (exact) mass is 395 g/mol. The van der Waals surface area contributed by atoms with E-state index in [-0.39, 0.29) is 11.9 Å². The summed E-state index contributed by atoms with van der Waals surface area (Å²) in [6, 6.07) is 17.2. The molecule has 0 spiro atoms. The van der Waals surface area contributed by atoms with Gasteiger partial charge in [-0.15, -0.1) is 0 Å². The van der Waals surface area contributed by atoms with Gasteiger partial charge in [0.2, 0.25) is 0 Å². The van der Waals surface area contributed by atoms with Gasteiger partial charge < -0.3 is 14.6 Å². The van der Waals surface area contributed by atoms with Gasteiger partial charge in [-0.05, 0) is 38.8 Å². The molecule has 29 heavy (non-hydrogen) atoms. The van der Waals surface area contributed by atoms with Crippen LogP contribution in [0, 0.1) is 5.92 Å². The summed E-state index contributed by atoms with van der Waals surface area (Å²) in [6.45, 7) is 5.80. The molecular formula is C24H29NO4. The smallest absolute Gasteiger partial charge is 0.324 e. The third-order valence-electron chi connectivity index (χ3n) is 4.66. The summed E-state index contributed by atoms with van der Waals surface area (Å²) < 4.78 is 11.5. The number of para-hydroxylation sites is 1. The van der Waals surface area contributed by atoms with Crippen molar-refractivity contribution in [3.05, 3.63) is 65.7 Å². The average molecular weight is 395 g/mol. The molecule has 1 aliphatic rings. The minimum absolute atomic E-state index is 0.175. The van der Waals surface area contributed by atoms with Gasteiger partial charge >= 0.3 is 5.97 Å². The first kappa shape index (κ1) is 21.1. The number of carbonyl (C=O) groups is 1. The second-order valence-electron chi connectivity index (χ2n) is 8.28. The minimum Gasteiger partial charge on any atom is -0.493 e. The number of benzene rings is 2. The molecule has 5 heteroatoms. The molecule has 0 radical (unpaired) electrons. The number of aliphatic hydroxyl groups is 1. The largest absolute Gasteiger partial charge is 0.493 e. The zero-order valence-electron chi connectivity index (χ0n) is 17.2. The van der Waals surface area contributed by atoms with E-state index in [9.17, 15) is 9.90 Å². The summed E-state index contributed by atoms with van der Waals surface area (Å²) in [5, 5.41) is 12.9. The average Bonchev–Trinajstić information content (AvgIpc) is 3.06. The van der Waals surface area contributed by atoms with Crippen molar-refractivity contribution in [1.82, 2.24) is 5.32 Å². The number of hydrogen-bond acceptors (Lipinski definition) is 5. The molecule has 2 N–H and O–H groups in total. The molecule has 2 aromatic carbocycles. The Morgan fingerprint density at radius 1 is 1.10 bits per heavy atom. The summed E-state index contributed by atoms with van der Waals surface area (Å²) in [5.74, 6) is 0.204. The Morgan fingerprint density at radius 3 is 2.52 bits per heavy atom. The van der Waals surface area contributed by atoms with E-state index >= 15 is 0 Å². The first-order valence-electron chi connectivity index (χ1n) is 9.94. The molecule has 1 saturated heterocycles. The van der Waals surface area contributed by atoms with Crippen LogP contribution in [0.5, 0.6) is 5.75 Å². The number of ether oxygens (including phenoxy) is 2. The number of carbonyl (C=O) groups excluding carboxylic acids is 1. The predicted molar refractivity (Wildman–Crippen MR) is 114 cm³/mol. The molecule has 0 aliphatic carbocycles. The molecule has 0 amide bonds. The van der Waals surface area contributed by atoms with Crippen LogP contribution >= 0.6 is 0 Å². The molecule has 1 aliphatic heterocycles. The first-order valence-corrected chi connectivity index (χ1v) is 9.94. The van der Waals surface area contributed by atoms with Gasteiger partial charge in [0.05, 0.1) is 6.61 Å². The Balaban J connectivity index is 1.67. The molecule has 1 heterocycles. The molecule has 1 fully saturated rings. The number of rotatable bonds is 6. The zero-order valence-corrected chi connectivity index (χ0v) is 17.2. The second-order valence-corrected chi connectivity index (χ2v) is 8.28. The van der Waals surface area contributed by atoms with Crippen molar-refractivity contribution in [3.63, 3.8) is 0 Å². The number of aliphatic hydroxyl groups excluding tert-OH is 1. The van der Waals surface area contributed by atoms with Gasteiger partial charge in [0.1, 0.15) is 23.6 Å². The lowest BCUT2D eigenvalue weighted by atomic mass is 10.0. The lowest BCUT2D eigenvalue weighted by Crippen LogP contribution is -2.43. The molecule has 0 saturated carbocycles. The van der Waals surface area contributed by atoms with E-state index in [0.717, 1.165) is 16.9 Å². The molecule has 154 valence electrons. The van der Waals surface area contributed by atoms with Crippen molar-refractivity contribution in [2.75, 3.05) is 6.61 Å². The quantitative estimate of drug-likeness (QED) is 0.574. The Kier molecular flexibility index (Phi) is 6.72. The fourth-order valence-corrected chi connectivity index (χ4v) is 3.32. The molecule has 0 bridgehead atoms. The topological polar surface area (TPSA) is 67.8 Å². The third kappa shape index (κ3) is 6.17. The van der Waals surface area contributed by atoms with Crippen molar-refractivity contribution >= 4 is 18.1 Å². The van der Waals surface area contributed by atoms with Crippen molar-refractivity contribution in [2.24, 2.45) is 5.92 Å². The molecule has 2 aromatic rings. The van der Waals surface area contributed by atoms with Gasteiger partial charge in [-0.3, -0.25) is 10.1 Å². The molecular weight excluding hydrogens is 366 g/mol. The maximum atomic E-state index is 12.5. The van der Waals surface area contributed by atoms with Crippen LogP contribution in [0.1, 0.15) is 38.3 Å². The van der Waals surface area contributed by atoms with E-state index in [2.05, 4.69) is 5.32 Å². The van der Waals surface area contributed by atoms with Crippen molar-refractivity contribution in [2.45, 2.75) is 45.1 Å². The Bertz CT molecular complexity index is 841. The normalized spacial score (nSPS) is 22.0. The van der Waals surface area contributed by atoms with Crippen LogP contribution in [0.25, 0.3) is 12.2 Å². The number of hydrogen-bond donors (Lipinski definition) is 2. The van der Waals surface area contributed by atoms with Crippen molar-refractivity contribution in [3.8, 4) is 5.75 Å². The third-order valence-corrected chi connectivity index (χ3v) is 4.66. The van der Waals surface area contributed by atoms with Gasteiger partial charge in [0.25, 0.3) is 0 Å². The Hall–Kier alpha value is -2.63. The van der Waals surface area contributed by atoms with Crippen LogP contribution in [0.15, 0.2) is 54.6 Å². The highest BCUT2D eigenvalue weighted by molar-refractivity contribution is 5.77. The maximum Gasteiger partial charge on any atom is 0.324 e. The predicted octanol–water partition coefficient (Wildman–Crippen LogP) is 3.87. The van der Waals surface area contributed by atoms with E-state index in [4.69, 9.17) is 9.47 Å². The van der Waals surface area contributed by atoms with Crippen LogP contribution in [-0.2, 0) is 9.53 Å². The molecule has 5 nitrogen and oxygen atoms in total. The summed E-state index contributed by atoms with van der Waals surface area (Å²) in [4.78, 5) is 12.5. The minimum atomic E-state index is -0.741. The molecule has 2 unspecified atom stereocenters. The van der Waals surface area contributed by atoms with E-state index in [1.807, 2.05) is 87.5 Å². The maximum absolute atomic E-state index is 12.5. The van der Waals surface area contributed by atoms with Crippen LogP contribution < -0.4 is 10.1 Å². The second kappa shape index (κ2) is 9.25. The first-order chi connectivity index (χ1) is 13.8. The van der Waals surface area contributed by atoms with Crippen LogP contribution in [0.4, 0.5) is 0 Å². The molecule has 3 atom stereocenters. The van der Waals surface area contributed by atoms with Gasteiger partial charge in [0, 0.05) is 11.5 Å².